The van der Waals surface area contributed by atoms with Gasteiger partial charge in [-0.1, -0.05) is 0 Å². The maximum Gasteiger partial charge on any atom is 0.101 e. The first-order valence-electron chi connectivity index (χ1n) is 2.85. The highest BCUT2D eigenvalue weighted by Gasteiger charge is 1.96. The zero-order chi connectivity index (χ0) is 6.97. The molecule has 0 amide bonds. The van der Waals surface area contributed by atoms with Crippen LogP contribution in [0, 0.1) is 11.3 Å². The Balaban J connectivity index is 2.81. The highest BCUT2D eigenvalue weighted by atomic mass is 32.1. The first kappa shape index (κ1) is 5.51. The van der Waals surface area contributed by atoms with Gasteiger partial charge in [0.05, 0.1) is 5.56 Å². The second-order valence-electron chi connectivity index (χ2n) is 1.99. The molecular weight excluding hydrogens is 144 g/mol. The van der Waals surface area contributed by atoms with Crippen LogP contribution in [0.15, 0.2) is 23.8 Å². The van der Waals surface area contributed by atoms with Crippen molar-refractivity contribution in [1.29, 1.82) is 5.26 Å². The summed E-state index contributed by atoms with van der Waals surface area (Å²) in [5, 5.41) is 10.5. The fraction of sp³-hybridized carbons (Fsp3) is 0. The molecule has 0 radical (unpaired) electrons. The number of hydrogen-bond acceptors (Lipinski definition) is 2. The van der Waals surface area contributed by atoms with E-state index in [1.165, 1.54) is 0 Å². The van der Waals surface area contributed by atoms with Crippen molar-refractivity contribution >= 4 is 16.2 Å². The van der Waals surface area contributed by atoms with Crippen LogP contribution < -0.4 is 0 Å². The topological polar surface area (TPSA) is 28.2 Å². The molecular formula is C7H4N2S. The largest absolute Gasteiger partial charge is 0.313 e. The lowest BCUT2D eigenvalue weighted by atomic mass is 10.4. The van der Waals surface area contributed by atoms with Crippen LogP contribution in [0.2, 0.25) is 0 Å². The van der Waals surface area contributed by atoms with Crippen LogP contribution in [0.3, 0.4) is 0 Å². The van der Waals surface area contributed by atoms with Crippen LogP contribution in [0.1, 0.15) is 5.56 Å². The van der Waals surface area contributed by atoms with Crippen LogP contribution in [-0.2, 0) is 0 Å². The molecule has 2 heterocycles. The Bertz CT molecular complexity index is 362. The van der Waals surface area contributed by atoms with Gasteiger partial charge in [0.1, 0.15) is 10.9 Å². The fourth-order valence-electron chi connectivity index (χ4n) is 0.897. The predicted octanol–water partition coefficient (Wildman–Crippen LogP) is 1.87. The summed E-state index contributed by atoms with van der Waals surface area (Å²) >= 11 is 1.64. The molecule has 0 aliphatic heterocycles. The molecule has 0 atom stereocenters. The first-order valence-corrected chi connectivity index (χ1v) is 3.73. The van der Waals surface area contributed by atoms with E-state index in [1.54, 1.807) is 11.3 Å². The van der Waals surface area contributed by atoms with Gasteiger partial charge in [0, 0.05) is 17.8 Å². The van der Waals surface area contributed by atoms with Gasteiger partial charge in [0.2, 0.25) is 0 Å². The summed E-state index contributed by atoms with van der Waals surface area (Å²) in [5.41, 5.74) is 0.729. The third kappa shape index (κ3) is 0.630. The molecule has 0 aromatic carbocycles. The summed E-state index contributed by atoms with van der Waals surface area (Å²) in [7, 11) is 0. The number of aromatic nitrogens is 1. The van der Waals surface area contributed by atoms with Crippen molar-refractivity contribution in [2.75, 3.05) is 0 Å². The molecule has 0 fully saturated rings. The summed E-state index contributed by atoms with van der Waals surface area (Å²) in [6.07, 6.45) is 3.77. The third-order valence-corrected chi connectivity index (χ3v) is 2.18. The molecule has 3 heteroatoms. The minimum absolute atomic E-state index is 0.729. The van der Waals surface area contributed by atoms with Crippen molar-refractivity contribution in [3.8, 4) is 6.07 Å². The molecule has 0 bridgehead atoms. The lowest BCUT2D eigenvalue weighted by Crippen LogP contribution is -1.67. The minimum Gasteiger partial charge on any atom is -0.313 e. The van der Waals surface area contributed by atoms with Crippen LogP contribution in [-0.4, -0.2) is 4.40 Å². The molecule has 0 N–H and O–H groups in total. The van der Waals surface area contributed by atoms with Gasteiger partial charge in [-0.15, -0.1) is 11.3 Å². The summed E-state index contributed by atoms with van der Waals surface area (Å²) in [4.78, 5) is 1.12. The first-order chi connectivity index (χ1) is 4.90. The molecule has 2 nitrogen and oxygen atoms in total. The fourth-order valence-corrected chi connectivity index (χ4v) is 1.66. The van der Waals surface area contributed by atoms with Gasteiger partial charge in [-0.2, -0.15) is 5.26 Å². The number of nitriles is 1. The van der Waals surface area contributed by atoms with Gasteiger partial charge in [0.25, 0.3) is 0 Å². The molecule has 2 rings (SSSR count). The number of hydrogen-bond donors (Lipinski definition) is 0. The molecule has 10 heavy (non-hydrogen) atoms. The van der Waals surface area contributed by atoms with Crippen molar-refractivity contribution in [3.63, 3.8) is 0 Å². The van der Waals surface area contributed by atoms with Gasteiger partial charge in [0.15, 0.2) is 0 Å². The standard InChI is InChI=1S/C7H4N2S/c8-4-6-3-7-9(5-6)1-2-10-7/h1-3,5H. The molecule has 0 aliphatic carbocycles. The monoisotopic (exact) mass is 148 g/mol. The molecule has 48 valence electrons. The van der Waals surface area contributed by atoms with Gasteiger partial charge in [-0.05, 0) is 6.07 Å². The maximum atomic E-state index is 8.50. The Morgan fingerprint density at radius 2 is 2.50 bits per heavy atom. The Morgan fingerprint density at radius 3 is 3.20 bits per heavy atom. The van der Waals surface area contributed by atoms with Gasteiger partial charge >= 0.3 is 0 Å². The van der Waals surface area contributed by atoms with Crippen molar-refractivity contribution in [1.82, 2.24) is 4.40 Å². The van der Waals surface area contributed by atoms with E-state index in [2.05, 4.69) is 6.07 Å². The molecule has 0 saturated carbocycles. The Labute approximate surface area is 61.9 Å². The van der Waals surface area contributed by atoms with Crippen LogP contribution in [0.5, 0.6) is 0 Å². The van der Waals surface area contributed by atoms with E-state index < -0.39 is 0 Å². The predicted molar refractivity (Wildman–Crippen MR) is 40.0 cm³/mol. The van der Waals surface area contributed by atoms with Crippen LogP contribution in [0.25, 0.3) is 4.83 Å². The molecule has 0 aliphatic rings. The van der Waals surface area contributed by atoms with Crippen LogP contribution >= 0.6 is 11.3 Å². The summed E-state index contributed by atoms with van der Waals surface area (Å²) in [5.74, 6) is 0. The maximum absolute atomic E-state index is 8.50. The van der Waals surface area contributed by atoms with E-state index in [0.717, 1.165) is 10.4 Å². The van der Waals surface area contributed by atoms with E-state index >= 15 is 0 Å². The highest BCUT2D eigenvalue weighted by molar-refractivity contribution is 7.15. The van der Waals surface area contributed by atoms with Gasteiger partial charge in [-0.25, -0.2) is 0 Å². The zero-order valence-electron chi connectivity index (χ0n) is 5.11. The lowest BCUT2D eigenvalue weighted by Gasteiger charge is -1.74. The van der Waals surface area contributed by atoms with E-state index in [0.29, 0.717) is 0 Å². The minimum atomic E-state index is 0.729. The van der Waals surface area contributed by atoms with Crippen molar-refractivity contribution in [3.05, 3.63) is 29.4 Å². The number of nitrogens with zero attached hydrogens (tertiary/aromatic N) is 2. The SMILES string of the molecule is N#Cc1cc2sccn2c1. The quantitative estimate of drug-likeness (QED) is 0.560. The highest BCUT2D eigenvalue weighted by Crippen LogP contribution is 2.14. The zero-order valence-corrected chi connectivity index (χ0v) is 5.93. The Morgan fingerprint density at radius 1 is 1.60 bits per heavy atom. The van der Waals surface area contributed by atoms with E-state index in [4.69, 9.17) is 5.26 Å². The van der Waals surface area contributed by atoms with E-state index in [9.17, 15) is 0 Å². The van der Waals surface area contributed by atoms with Crippen LogP contribution in [0.4, 0.5) is 0 Å². The lowest BCUT2D eigenvalue weighted by molar-refractivity contribution is 1.23. The van der Waals surface area contributed by atoms with Gasteiger partial charge in [-0.3, -0.25) is 0 Å². The van der Waals surface area contributed by atoms with E-state index in [1.807, 2.05) is 28.2 Å². The molecule has 2 aromatic heterocycles. The third-order valence-electron chi connectivity index (χ3n) is 1.35. The summed E-state index contributed by atoms with van der Waals surface area (Å²) in [6, 6.07) is 3.97. The smallest absolute Gasteiger partial charge is 0.101 e. The molecule has 0 unspecified atom stereocenters. The van der Waals surface area contributed by atoms with Crippen molar-refractivity contribution < 1.29 is 0 Å². The number of rotatable bonds is 0. The second-order valence-corrected chi connectivity index (χ2v) is 2.92. The summed E-state index contributed by atoms with van der Waals surface area (Å²) < 4.78 is 1.95. The average molecular weight is 148 g/mol. The summed E-state index contributed by atoms with van der Waals surface area (Å²) in [6.45, 7) is 0. The average Bonchev–Trinajstić information content (AvgIpc) is 2.42. The van der Waals surface area contributed by atoms with Crippen molar-refractivity contribution in [2.24, 2.45) is 0 Å². The van der Waals surface area contributed by atoms with Crippen molar-refractivity contribution in [2.45, 2.75) is 0 Å². The van der Waals surface area contributed by atoms with E-state index in [-0.39, 0.29) is 0 Å². The Kier molecular flexibility index (Phi) is 1.02. The number of fused-ring (bicyclic) bond motifs is 1. The Hall–Kier alpha value is -1.27. The number of thiazole rings is 1. The molecule has 0 saturated heterocycles. The molecule has 2 aromatic rings. The normalized spacial score (nSPS) is 9.90. The second kappa shape index (κ2) is 1.86. The van der Waals surface area contributed by atoms with Gasteiger partial charge < -0.3 is 4.40 Å². The molecule has 0 spiro atoms.